The Balaban J connectivity index is 1.22. The summed E-state index contributed by atoms with van der Waals surface area (Å²) in [6.45, 7) is 3.71. The maximum absolute atomic E-state index is 13.0. The molecule has 72 heavy (non-hydrogen) atoms. The lowest BCUT2D eigenvalue weighted by molar-refractivity contribution is -0.365. The number of esters is 1. The van der Waals surface area contributed by atoms with E-state index >= 15 is 0 Å². The molecule has 0 saturated carbocycles. The summed E-state index contributed by atoms with van der Waals surface area (Å²) in [5, 5.41) is -0.145. The van der Waals surface area contributed by atoms with E-state index in [1.165, 1.54) is 13.8 Å². The summed E-state index contributed by atoms with van der Waals surface area (Å²) < 4.78 is 73.9. The van der Waals surface area contributed by atoms with Gasteiger partial charge in [0.1, 0.15) is 54.2 Å². The van der Waals surface area contributed by atoms with Gasteiger partial charge in [0.05, 0.1) is 46.8 Å². The van der Waals surface area contributed by atoms with E-state index in [-0.39, 0.29) is 50.5 Å². The summed E-state index contributed by atoms with van der Waals surface area (Å²) in [5.74, 6) is 0.725. The molecule has 6 aromatic rings. The predicted octanol–water partition coefficient (Wildman–Crippen LogP) is 9.68. The van der Waals surface area contributed by atoms with Gasteiger partial charge in [0.2, 0.25) is 6.29 Å². The largest absolute Gasteiger partial charge is 0.497 e. The van der Waals surface area contributed by atoms with E-state index in [1.807, 2.05) is 164 Å². The van der Waals surface area contributed by atoms with E-state index in [1.54, 1.807) is 19.2 Å². The normalized spacial score (nSPS) is 24.0. The predicted molar refractivity (Wildman–Crippen MR) is 271 cm³/mol. The molecule has 13 nitrogen and oxygen atoms in total. The number of thioether (sulfide) groups is 1. The van der Waals surface area contributed by atoms with Crippen molar-refractivity contribution in [2.45, 2.75) is 108 Å². The lowest BCUT2D eigenvalue weighted by Gasteiger charge is -2.50. The average molecular weight is 999 g/mol. The van der Waals surface area contributed by atoms with E-state index in [4.69, 9.17) is 52.1 Å². The van der Waals surface area contributed by atoms with Gasteiger partial charge in [-0.2, -0.15) is 0 Å². The first-order valence-corrected chi connectivity index (χ1v) is 25.1. The van der Waals surface area contributed by atoms with Crippen LogP contribution in [0.25, 0.3) is 0 Å². The zero-order valence-corrected chi connectivity index (χ0v) is 41.5. The number of rotatable bonds is 24. The van der Waals surface area contributed by atoms with Crippen molar-refractivity contribution >= 4 is 22.8 Å². The molecule has 2 aliphatic heterocycles. The molecule has 378 valence electrons. The SMILES string of the molecule is COc1ccc(O[C@@H]2O[C@H](COCc3ccccc3)[C@@H](O[C@@H]3O[C@H](CSC(C)=O)[C@@H](OC(C)=O)[C@H](OCc4ccccc4)[C@H]3OCc3ccccc3)[C@H](OCc3ccccc3)[C@H]2OCc2ccccc2)cc1. The van der Waals surface area contributed by atoms with Crippen molar-refractivity contribution in [1.29, 1.82) is 0 Å². The maximum atomic E-state index is 13.0. The van der Waals surface area contributed by atoms with Crippen LogP contribution in [0, 0.1) is 0 Å². The van der Waals surface area contributed by atoms with Crippen LogP contribution in [0.4, 0.5) is 0 Å². The van der Waals surface area contributed by atoms with Crippen LogP contribution in [-0.2, 0) is 85.3 Å². The number of hydrogen-bond acceptors (Lipinski definition) is 14. The van der Waals surface area contributed by atoms with E-state index in [2.05, 4.69) is 0 Å². The minimum Gasteiger partial charge on any atom is -0.497 e. The monoisotopic (exact) mass is 998 g/mol. The van der Waals surface area contributed by atoms with Crippen LogP contribution >= 0.6 is 11.8 Å². The Morgan fingerprint density at radius 1 is 0.458 bits per heavy atom. The molecule has 10 atom stereocenters. The van der Waals surface area contributed by atoms with Crippen LogP contribution in [0.5, 0.6) is 11.5 Å². The van der Waals surface area contributed by atoms with Gasteiger partial charge < -0.3 is 52.1 Å². The summed E-state index contributed by atoms with van der Waals surface area (Å²) in [5.41, 5.74) is 4.54. The number of benzene rings is 6. The first-order chi connectivity index (χ1) is 35.3. The van der Waals surface area contributed by atoms with Crippen molar-refractivity contribution in [1.82, 2.24) is 0 Å². The third-order valence-electron chi connectivity index (χ3n) is 12.1. The minimum atomic E-state index is -1.24. The number of ether oxygens (including phenoxy) is 11. The molecule has 2 fully saturated rings. The number of carbonyl (C=O) groups is 2. The molecule has 0 aromatic heterocycles. The molecule has 2 heterocycles. The standard InChI is InChI=1S/C58H62O13S/c1-40(59)67-52-50(39-72-41(2)60)70-58(56(66-37-46-27-17-8-18-28-46)54(52)64-35-44-23-13-6-14-24-44)71-51-49(38-62-33-42-19-9-4-10-20-42)69-57(68-48-31-29-47(61-3)30-32-48)55(65-36-45-25-15-7-16-26-45)53(51)63-34-43-21-11-5-12-22-43/h4-32,49-58H,33-39H2,1-3H3/t49-,50-,51-,52-,53+,54+,55-,56-,57-,58+/m1/s1. The summed E-state index contributed by atoms with van der Waals surface area (Å²) in [6, 6.07) is 56.1. The third-order valence-corrected chi connectivity index (χ3v) is 13.0. The zero-order valence-electron chi connectivity index (χ0n) is 40.7. The van der Waals surface area contributed by atoms with Gasteiger partial charge in [0.15, 0.2) is 17.5 Å². The molecule has 0 radical (unpaired) electrons. The van der Waals surface area contributed by atoms with Crippen LogP contribution in [0.2, 0.25) is 0 Å². The summed E-state index contributed by atoms with van der Waals surface area (Å²) in [6.07, 6.45) is -9.94. The van der Waals surface area contributed by atoms with Gasteiger partial charge in [-0.05, 0) is 52.1 Å². The van der Waals surface area contributed by atoms with E-state index in [0.717, 1.165) is 39.6 Å². The Hall–Kier alpha value is -5.91. The zero-order chi connectivity index (χ0) is 49.9. The number of methoxy groups -OCH3 is 1. The maximum Gasteiger partial charge on any atom is 0.303 e. The molecule has 0 spiro atoms. The molecular weight excluding hydrogens is 937 g/mol. The van der Waals surface area contributed by atoms with Crippen LogP contribution in [-0.4, -0.2) is 92.0 Å². The van der Waals surface area contributed by atoms with Crippen molar-refractivity contribution in [2.75, 3.05) is 19.5 Å². The fourth-order valence-electron chi connectivity index (χ4n) is 8.54. The van der Waals surface area contributed by atoms with Crippen LogP contribution < -0.4 is 9.47 Å². The summed E-state index contributed by atoms with van der Waals surface area (Å²) >= 11 is 1.05. The molecule has 0 amide bonds. The average Bonchev–Trinajstić information content (AvgIpc) is 3.41. The lowest BCUT2D eigenvalue weighted by Crippen LogP contribution is -2.66. The quantitative estimate of drug-likeness (QED) is 0.0533. The Morgan fingerprint density at radius 2 is 0.861 bits per heavy atom. The highest BCUT2D eigenvalue weighted by Gasteiger charge is 2.55. The molecule has 2 aliphatic rings. The molecular formula is C58H62O13S. The van der Waals surface area contributed by atoms with Crippen molar-refractivity contribution in [3.05, 3.63) is 204 Å². The van der Waals surface area contributed by atoms with Gasteiger partial charge in [0, 0.05) is 19.6 Å². The van der Waals surface area contributed by atoms with E-state index < -0.39 is 67.4 Å². The molecule has 2 saturated heterocycles. The first kappa shape index (κ1) is 52.4. The van der Waals surface area contributed by atoms with Gasteiger partial charge in [-0.15, -0.1) is 0 Å². The minimum absolute atomic E-state index is 0.0223. The Bertz CT molecular complexity index is 2510. The Morgan fingerprint density at radius 3 is 1.31 bits per heavy atom. The fourth-order valence-corrected chi connectivity index (χ4v) is 9.20. The fraction of sp³-hybridized carbons (Fsp3) is 0.345. The smallest absolute Gasteiger partial charge is 0.303 e. The van der Waals surface area contributed by atoms with Gasteiger partial charge in [-0.1, -0.05) is 163 Å². The highest BCUT2D eigenvalue weighted by Crippen LogP contribution is 2.38. The number of carbonyl (C=O) groups excluding carboxylic acids is 2. The highest BCUT2D eigenvalue weighted by molar-refractivity contribution is 8.13. The summed E-state index contributed by atoms with van der Waals surface area (Å²) in [7, 11) is 1.61. The lowest BCUT2D eigenvalue weighted by atomic mass is 9.96. The van der Waals surface area contributed by atoms with Gasteiger partial charge >= 0.3 is 5.97 Å². The Kier molecular flexibility index (Phi) is 19.8. The van der Waals surface area contributed by atoms with E-state index in [0.29, 0.717) is 11.5 Å². The van der Waals surface area contributed by atoms with Gasteiger partial charge in [-0.25, -0.2) is 0 Å². The van der Waals surface area contributed by atoms with Crippen LogP contribution in [0.1, 0.15) is 41.7 Å². The highest BCUT2D eigenvalue weighted by atomic mass is 32.2. The molecule has 0 bridgehead atoms. The Labute approximate surface area is 425 Å². The molecule has 0 N–H and O–H groups in total. The van der Waals surface area contributed by atoms with Gasteiger partial charge in [-0.3, -0.25) is 9.59 Å². The topological polar surface area (TPSA) is 136 Å². The molecule has 0 aliphatic carbocycles. The van der Waals surface area contributed by atoms with Crippen molar-refractivity contribution in [3.63, 3.8) is 0 Å². The molecule has 14 heteroatoms. The van der Waals surface area contributed by atoms with Crippen molar-refractivity contribution < 1.29 is 61.7 Å². The molecule has 6 aromatic carbocycles. The second-order valence-corrected chi connectivity index (χ2v) is 18.6. The van der Waals surface area contributed by atoms with E-state index in [9.17, 15) is 9.59 Å². The second kappa shape index (κ2) is 27.2. The van der Waals surface area contributed by atoms with Crippen molar-refractivity contribution in [3.8, 4) is 11.5 Å². The number of hydrogen-bond donors (Lipinski definition) is 0. The molecule has 0 unspecified atom stereocenters. The summed E-state index contributed by atoms with van der Waals surface area (Å²) in [4.78, 5) is 25.6. The van der Waals surface area contributed by atoms with Crippen LogP contribution in [0.3, 0.4) is 0 Å². The second-order valence-electron chi connectivity index (χ2n) is 17.4. The van der Waals surface area contributed by atoms with Crippen LogP contribution in [0.15, 0.2) is 176 Å². The molecule has 8 rings (SSSR count). The first-order valence-electron chi connectivity index (χ1n) is 24.1. The van der Waals surface area contributed by atoms with Crippen molar-refractivity contribution in [2.24, 2.45) is 0 Å². The van der Waals surface area contributed by atoms with Gasteiger partial charge in [0.25, 0.3) is 0 Å². The third kappa shape index (κ3) is 15.3.